The molecule has 0 unspecified atom stereocenters. The van der Waals surface area contributed by atoms with E-state index in [4.69, 9.17) is 0 Å². The summed E-state index contributed by atoms with van der Waals surface area (Å²) in [4.78, 5) is 27.6. The molecule has 0 fully saturated rings. The van der Waals surface area contributed by atoms with Crippen LogP contribution < -0.4 is 9.62 Å². The summed E-state index contributed by atoms with van der Waals surface area (Å²) in [6, 6.07) is 13.4. The largest absolute Gasteiger partial charge is 0.352 e. The lowest BCUT2D eigenvalue weighted by atomic mass is 10.1. The molecular weight excluding hydrogens is 459 g/mol. The zero-order valence-corrected chi connectivity index (χ0v) is 21.0. The highest BCUT2D eigenvalue weighted by Gasteiger charge is 2.32. The van der Waals surface area contributed by atoms with E-state index in [2.05, 4.69) is 5.32 Å². The number of hydrogen-bond donors (Lipinski definition) is 1. The van der Waals surface area contributed by atoms with Crippen LogP contribution in [-0.2, 0) is 26.2 Å². The van der Waals surface area contributed by atoms with Gasteiger partial charge in [-0.25, -0.2) is 8.70 Å². The number of nitrogens with one attached hydrogen (secondary N) is 1. The van der Waals surface area contributed by atoms with Crippen LogP contribution in [0.3, 0.4) is 0 Å². The number of benzene rings is 2. The number of carbonyl (C=O) groups is 2. The lowest BCUT2D eigenvalue weighted by Gasteiger charge is -2.33. The zero-order chi connectivity index (χ0) is 25.5. The predicted molar refractivity (Wildman–Crippen MR) is 131 cm³/mol. The summed E-state index contributed by atoms with van der Waals surface area (Å²) < 4.78 is 41.4. The van der Waals surface area contributed by atoms with Crippen molar-refractivity contribution in [2.75, 3.05) is 31.5 Å². The van der Waals surface area contributed by atoms with Gasteiger partial charge in [-0.05, 0) is 57.0 Å². The second kappa shape index (κ2) is 11.9. The third-order valence-electron chi connectivity index (χ3n) is 5.22. The summed E-state index contributed by atoms with van der Waals surface area (Å²) in [5.41, 5.74) is 1.12. The lowest BCUT2D eigenvalue weighted by Crippen LogP contribution is -2.54. The van der Waals surface area contributed by atoms with E-state index < -0.39 is 34.5 Å². The van der Waals surface area contributed by atoms with Gasteiger partial charge in [0.1, 0.15) is 18.4 Å². The molecule has 0 radical (unpaired) electrons. The Morgan fingerprint density at radius 3 is 2.09 bits per heavy atom. The summed E-state index contributed by atoms with van der Waals surface area (Å²) in [6.07, 6.45) is 0.489. The van der Waals surface area contributed by atoms with Gasteiger partial charge in [0.2, 0.25) is 11.8 Å². The van der Waals surface area contributed by atoms with Crippen LogP contribution in [0.4, 0.5) is 10.1 Å². The van der Waals surface area contributed by atoms with Crippen molar-refractivity contribution >= 4 is 27.7 Å². The fourth-order valence-electron chi connectivity index (χ4n) is 3.30. The Balaban J connectivity index is 2.36. The Morgan fingerprint density at radius 1 is 0.971 bits per heavy atom. The fraction of sp³-hybridized carbons (Fsp3) is 0.417. The highest BCUT2D eigenvalue weighted by molar-refractivity contribution is 7.90. The molecule has 0 aliphatic carbocycles. The van der Waals surface area contributed by atoms with Gasteiger partial charge in [0.15, 0.2) is 0 Å². The zero-order valence-electron chi connectivity index (χ0n) is 20.2. The predicted octanol–water partition coefficient (Wildman–Crippen LogP) is 2.42. The second-order valence-corrected chi connectivity index (χ2v) is 10.5. The molecule has 0 spiro atoms. The average molecular weight is 493 g/mol. The summed E-state index contributed by atoms with van der Waals surface area (Å²) in [5.74, 6) is -1.40. The Hall–Kier alpha value is -2.98. The molecule has 0 aliphatic rings. The van der Waals surface area contributed by atoms with Crippen molar-refractivity contribution in [3.05, 3.63) is 66.0 Å². The molecule has 1 N–H and O–H groups in total. The van der Waals surface area contributed by atoms with Crippen molar-refractivity contribution in [2.24, 2.45) is 0 Å². The molecule has 0 aliphatic heterocycles. The monoisotopic (exact) mass is 492 g/mol. The molecular formula is C24H33FN4O4S. The van der Waals surface area contributed by atoms with E-state index in [1.807, 2.05) is 44.2 Å². The first kappa shape index (κ1) is 27.3. The Bertz CT molecular complexity index is 1060. The molecule has 2 aromatic carbocycles. The van der Waals surface area contributed by atoms with Crippen molar-refractivity contribution in [3.63, 3.8) is 0 Å². The van der Waals surface area contributed by atoms with Crippen molar-refractivity contribution < 1.29 is 22.4 Å². The highest BCUT2D eigenvalue weighted by atomic mass is 32.2. The quantitative estimate of drug-likeness (QED) is 0.522. The van der Waals surface area contributed by atoms with Gasteiger partial charge in [0.05, 0.1) is 5.69 Å². The van der Waals surface area contributed by atoms with Crippen LogP contribution in [0.2, 0.25) is 0 Å². The third-order valence-corrected chi connectivity index (χ3v) is 7.04. The SMILES string of the molecule is CC(C)NC(=O)[C@@H](C)N(CCc1ccccc1)C(=O)CN(c1ccc(F)cc1)S(=O)(=O)N(C)C. The molecule has 0 saturated heterocycles. The number of halogens is 1. The minimum Gasteiger partial charge on any atom is -0.352 e. The molecule has 2 rings (SSSR count). The van der Waals surface area contributed by atoms with Crippen LogP contribution in [-0.4, -0.2) is 68.7 Å². The molecule has 1 atom stereocenters. The number of hydrogen-bond acceptors (Lipinski definition) is 4. The lowest BCUT2D eigenvalue weighted by molar-refractivity contribution is -0.139. The van der Waals surface area contributed by atoms with Gasteiger partial charge in [0.25, 0.3) is 0 Å². The van der Waals surface area contributed by atoms with E-state index in [-0.39, 0.29) is 24.2 Å². The summed E-state index contributed by atoms with van der Waals surface area (Å²) in [7, 11) is -1.37. The summed E-state index contributed by atoms with van der Waals surface area (Å²) in [6.45, 7) is 4.93. The van der Waals surface area contributed by atoms with Gasteiger partial charge >= 0.3 is 10.2 Å². The fourth-order valence-corrected chi connectivity index (χ4v) is 4.36. The Kier molecular flexibility index (Phi) is 9.57. The number of nitrogens with zero attached hydrogens (tertiary/aromatic N) is 3. The minimum absolute atomic E-state index is 0.120. The maximum absolute atomic E-state index is 13.5. The molecule has 0 heterocycles. The maximum atomic E-state index is 13.5. The van der Waals surface area contributed by atoms with Crippen molar-refractivity contribution in [2.45, 2.75) is 39.3 Å². The van der Waals surface area contributed by atoms with E-state index in [0.29, 0.717) is 6.42 Å². The first-order chi connectivity index (χ1) is 15.9. The average Bonchev–Trinajstić information content (AvgIpc) is 2.78. The Morgan fingerprint density at radius 2 is 1.56 bits per heavy atom. The summed E-state index contributed by atoms with van der Waals surface area (Å²) >= 11 is 0. The van der Waals surface area contributed by atoms with Crippen LogP contribution >= 0.6 is 0 Å². The van der Waals surface area contributed by atoms with Crippen molar-refractivity contribution in [1.82, 2.24) is 14.5 Å². The second-order valence-electron chi connectivity index (χ2n) is 8.44. The maximum Gasteiger partial charge on any atom is 0.304 e. The first-order valence-corrected chi connectivity index (χ1v) is 12.4. The number of amides is 2. The van der Waals surface area contributed by atoms with Gasteiger partial charge in [-0.2, -0.15) is 12.7 Å². The van der Waals surface area contributed by atoms with Crippen LogP contribution in [0.5, 0.6) is 0 Å². The van der Waals surface area contributed by atoms with E-state index in [1.165, 1.54) is 31.1 Å². The van der Waals surface area contributed by atoms with Crippen LogP contribution in [0, 0.1) is 5.82 Å². The molecule has 34 heavy (non-hydrogen) atoms. The number of carbonyl (C=O) groups excluding carboxylic acids is 2. The van der Waals surface area contributed by atoms with Crippen molar-refractivity contribution in [3.8, 4) is 0 Å². The number of anilines is 1. The van der Waals surface area contributed by atoms with Gasteiger partial charge in [-0.1, -0.05) is 30.3 Å². The molecule has 2 amide bonds. The smallest absolute Gasteiger partial charge is 0.304 e. The summed E-state index contributed by atoms with van der Waals surface area (Å²) in [5, 5.41) is 2.80. The van der Waals surface area contributed by atoms with E-state index in [0.717, 1.165) is 26.3 Å². The Labute approximate surface area is 201 Å². The van der Waals surface area contributed by atoms with Crippen LogP contribution in [0.1, 0.15) is 26.3 Å². The van der Waals surface area contributed by atoms with Gasteiger partial charge in [0, 0.05) is 26.7 Å². The third kappa shape index (κ3) is 7.26. The molecule has 2 aromatic rings. The molecule has 8 nitrogen and oxygen atoms in total. The van der Waals surface area contributed by atoms with E-state index >= 15 is 0 Å². The highest BCUT2D eigenvalue weighted by Crippen LogP contribution is 2.21. The molecule has 0 saturated carbocycles. The van der Waals surface area contributed by atoms with Crippen molar-refractivity contribution in [1.29, 1.82) is 0 Å². The number of rotatable bonds is 11. The topological polar surface area (TPSA) is 90.0 Å². The molecule has 10 heteroatoms. The van der Waals surface area contributed by atoms with E-state index in [9.17, 15) is 22.4 Å². The molecule has 0 aromatic heterocycles. The van der Waals surface area contributed by atoms with E-state index in [1.54, 1.807) is 6.92 Å². The van der Waals surface area contributed by atoms with Gasteiger partial charge in [-0.15, -0.1) is 0 Å². The standard InChI is InChI=1S/C24H33FN4O4S/c1-18(2)26-24(31)19(3)28(16-15-20-9-7-6-8-10-20)23(30)17-29(34(32,33)27(4)5)22-13-11-21(25)12-14-22/h6-14,18-19H,15-17H2,1-5H3,(H,26,31)/t19-/m1/s1. The van der Waals surface area contributed by atoms with Crippen LogP contribution in [0.25, 0.3) is 0 Å². The molecule has 186 valence electrons. The first-order valence-electron chi connectivity index (χ1n) is 11.0. The van der Waals surface area contributed by atoms with Gasteiger partial charge < -0.3 is 10.2 Å². The van der Waals surface area contributed by atoms with Gasteiger partial charge in [-0.3, -0.25) is 9.59 Å². The normalized spacial score (nSPS) is 12.5. The molecule has 0 bridgehead atoms. The van der Waals surface area contributed by atoms with Crippen LogP contribution in [0.15, 0.2) is 54.6 Å². The minimum atomic E-state index is -4.07.